The average molecular weight is 463 g/mol. The molecule has 0 spiro atoms. The van der Waals surface area contributed by atoms with Crippen LogP contribution in [0.1, 0.15) is 11.3 Å². The van der Waals surface area contributed by atoms with Gasteiger partial charge in [-0.3, -0.25) is 0 Å². The second-order valence-corrected chi connectivity index (χ2v) is 7.23. The first-order valence-electron chi connectivity index (χ1n) is 8.06. The molecule has 1 heterocycles. The van der Waals surface area contributed by atoms with Crippen LogP contribution in [-0.2, 0) is 34.2 Å². The number of hydrogen-bond acceptors (Lipinski definition) is 8. The highest BCUT2D eigenvalue weighted by Gasteiger charge is 2.15. The van der Waals surface area contributed by atoms with Gasteiger partial charge in [0.2, 0.25) is 0 Å². The molecule has 0 saturated carbocycles. The maximum Gasteiger partial charge on any atom is 0.344 e. The van der Waals surface area contributed by atoms with E-state index in [1.54, 1.807) is 43.6 Å². The highest BCUT2D eigenvalue weighted by atomic mass is 35.5. The lowest BCUT2D eigenvalue weighted by Gasteiger charge is -2.16. The van der Waals surface area contributed by atoms with Crippen LogP contribution in [0.15, 0.2) is 26.9 Å². The SMILES string of the molecule is [C-]#[N+]c1nc(N=Nc2cc(Cl)c(N(C)C)cc2COON=[S-](F)=C(F)F)n(C)c1C. The molecule has 14 heteroatoms. The second kappa shape index (κ2) is 10.4. The van der Waals surface area contributed by atoms with Crippen LogP contribution >= 0.6 is 11.6 Å². The van der Waals surface area contributed by atoms with E-state index >= 15 is 0 Å². The molecule has 1 aromatic carbocycles. The van der Waals surface area contributed by atoms with Crippen molar-refractivity contribution in [1.29, 1.82) is 0 Å². The Bertz CT molecular complexity index is 1100. The minimum atomic E-state index is -3.18. The van der Waals surface area contributed by atoms with Gasteiger partial charge in [0, 0.05) is 32.4 Å². The van der Waals surface area contributed by atoms with E-state index < -0.39 is 16.0 Å². The molecule has 0 bridgehead atoms. The number of imidazole rings is 1. The molecule has 0 N–H and O–H groups in total. The zero-order valence-corrected chi connectivity index (χ0v) is 17.8. The first kappa shape index (κ1) is 23.6. The predicted octanol–water partition coefficient (Wildman–Crippen LogP) is 5.49. The molecule has 0 aliphatic heterocycles. The molecular weight excluding hydrogens is 447 g/mol. The molecule has 9 nitrogen and oxygen atoms in total. The minimum Gasteiger partial charge on any atom is -0.376 e. The zero-order valence-electron chi connectivity index (χ0n) is 16.2. The molecule has 0 aliphatic carbocycles. The average Bonchev–Trinajstić information content (AvgIpc) is 2.97. The molecular formula is C16H16ClF3N7O2S-. The van der Waals surface area contributed by atoms with Crippen LogP contribution in [0.2, 0.25) is 5.02 Å². The van der Waals surface area contributed by atoms with Gasteiger partial charge in [0.25, 0.3) is 5.82 Å². The molecule has 1 aromatic heterocycles. The van der Waals surface area contributed by atoms with E-state index in [1.165, 1.54) is 6.07 Å². The molecule has 0 fully saturated rings. The summed E-state index contributed by atoms with van der Waals surface area (Å²) in [5, 5.41) is 5.98. The van der Waals surface area contributed by atoms with Crippen molar-refractivity contribution >= 4 is 50.8 Å². The highest BCUT2D eigenvalue weighted by molar-refractivity contribution is 7.81. The topological polar surface area (TPSA) is 81.0 Å². The molecule has 0 unspecified atom stereocenters. The lowest BCUT2D eigenvalue weighted by atomic mass is 10.1. The second-order valence-electron chi connectivity index (χ2n) is 5.89. The quantitative estimate of drug-likeness (QED) is 0.0796. The Labute approximate surface area is 177 Å². The number of nitrogens with zero attached hydrogens (tertiary/aromatic N) is 7. The summed E-state index contributed by atoms with van der Waals surface area (Å²) >= 11 is 6.27. The monoisotopic (exact) mass is 462 g/mol. The summed E-state index contributed by atoms with van der Waals surface area (Å²) in [6, 6.07) is 3.13. The number of aromatic nitrogens is 2. The Balaban J connectivity index is 2.36. The normalized spacial score (nSPS) is 12.4. The van der Waals surface area contributed by atoms with Crippen LogP contribution in [-0.4, -0.2) is 29.0 Å². The summed E-state index contributed by atoms with van der Waals surface area (Å²) in [5.41, 5.74) is 1.91. The van der Waals surface area contributed by atoms with Gasteiger partial charge in [-0.05, 0) is 19.1 Å². The maximum absolute atomic E-state index is 12.7. The van der Waals surface area contributed by atoms with Gasteiger partial charge in [-0.1, -0.05) is 28.3 Å². The van der Waals surface area contributed by atoms with Crippen molar-refractivity contribution in [3.8, 4) is 0 Å². The molecule has 2 aromatic rings. The molecule has 0 aliphatic rings. The fourth-order valence-corrected chi connectivity index (χ4v) is 2.64. The number of benzene rings is 1. The Kier molecular flexibility index (Phi) is 8.18. The molecule has 0 saturated heterocycles. The van der Waals surface area contributed by atoms with Gasteiger partial charge in [-0.25, -0.2) is 18.2 Å². The standard InChI is InChI=1S/C16H16ClF3N7O2S/c1-9-14(21-2)22-16(27(9)5)24-23-12-7-11(17)13(26(3)4)6-10(12)8-28-29-25-30(20)15(18)19/h6-7H,8H2,1,3-5H3/q-1. The van der Waals surface area contributed by atoms with E-state index in [-0.39, 0.29) is 24.1 Å². The third kappa shape index (κ3) is 5.70. The van der Waals surface area contributed by atoms with Crippen molar-refractivity contribution in [1.82, 2.24) is 9.55 Å². The van der Waals surface area contributed by atoms with E-state index in [2.05, 4.69) is 29.6 Å². The third-order valence-electron chi connectivity index (χ3n) is 3.81. The lowest BCUT2D eigenvalue weighted by Crippen LogP contribution is -2.10. The van der Waals surface area contributed by atoms with Crippen LogP contribution in [0.4, 0.5) is 35.8 Å². The summed E-state index contributed by atoms with van der Waals surface area (Å²) < 4.78 is 41.0. The molecule has 30 heavy (non-hydrogen) atoms. The number of rotatable bonds is 7. The smallest absolute Gasteiger partial charge is 0.344 e. The van der Waals surface area contributed by atoms with E-state index in [0.717, 1.165) is 0 Å². The van der Waals surface area contributed by atoms with Crippen molar-refractivity contribution in [2.75, 3.05) is 19.0 Å². The van der Waals surface area contributed by atoms with Crippen molar-refractivity contribution in [2.24, 2.45) is 21.8 Å². The van der Waals surface area contributed by atoms with E-state index in [0.29, 0.717) is 22.0 Å². The maximum atomic E-state index is 12.7. The molecule has 2 rings (SSSR count). The van der Waals surface area contributed by atoms with Crippen molar-refractivity contribution in [3.05, 3.63) is 39.8 Å². The van der Waals surface area contributed by atoms with Crippen LogP contribution in [0, 0.1) is 13.5 Å². The van der Waals surface area contributed by atoms with Crippen molar-refractivity contribution < 1.29 is 22.5 Å². The summed E-state index contributed by atoms with van der Waals surface area (Å²) in [4.78, 5) is 18.0. The number of azo groups is 1. The molecule has 0 atom stereocenters. The highest BCUT2D eigenvalue weighted by Crippen LogP contribution is 2.34. The largest absolute Gasteiger partial charge is 0.376 e. The number of anilines is 1. The van der Waals surface area contributed by atoms with Crippen LogP contribution in [0.25, 0.3) is 4.85 Å². The fourth-order valence-electron chi connectivity index (χ4n) is 2.16. The Morgan fingerprint density at radius 1 is 1.37 bits per heavy atom. The third-order valence-corrected chi connectivity index (χ3v) is 4.56. The van der Waals surface area contributed by atoms with Crippen LogP contribution in [0.3, 0.4) is 0 Å². The van der Waals surface area contributed by atoms with E-state index in [1.807, 2.05) is 0 Å². The van der Waals surface area contributed by atoms with E-state index in [9.17, 15) is 12.7 Å². The zero-order chi connectivity index (χ0) is 22.4. The van der Waals surface area contributed by atoms with Crippen molar-refractivity contribution in [3.63, 3.8) is 0 Å². The fraction of sp³-hybridized carbons (Fsp3) is 0.312. The summed E-state index contributed by atoms with van der Waals surface area (Å²) in [7, 11) is 2.02. The summed E-state index contributed by atoms with van der Waals surface area (Å²) in [6.45, 7) is 8.52. The van der Waals surface area contributed by atoms with Gasteiger partial charge >= 0.3 is 5.95 Å². The Morgan fingerprint density at radius 2 is 2.07 bits per heavy atom. The predicted molar refractivity (Wildman–Crippen MR) is 108 cm³/mol. The first-order chi connectivity index (χ1) is 14.1. The molecule has 162 valence electrons. The summed E-state index contributed by atoms with van der Waals surface area (Å²) in [6.07, 6.45) is 0. The van der Waals surface area contributed by atoms with Gasteiger partial charge in [-0.15, -0.1) is 20.8 Å². The first-order valence-corrected chi connectivity index (χ1v) is 9.52. The molecule has 0 amide bonds. The minimum absolute atomic E-state index is 0.194. The van der Waals surface area contributed by atoms with Crippen molar-refractivity contribution in [2.45, 2.75) is 13.5 Å². The van der Waals surface area contributed by atoms with Gasteiger partial charge in [0.05, 0.1) is 16.4 Å². The van der Waals surface area contributed by atoms with Crippen LogP contribution in [0.5, 0.6) is 0 Å². The summed E-state index contributed by atoms with van der Waals surface area (Å²) in [5.74, 6) is 0.393. The van der Waals surface area contributed by atoms with Gasteiger partial charge in [-0.2, -0.15) is 0 Å². The van der Waals surface area contributed by atoms with Gasteiger partial charge in [0.15, 0.2) is 5.37 Å². The Morgan fingerprint density at radius 3 is 2.63 bits per heavy atom. The van der Waals surface area contributed by atoms with Gasteiger partial charge < -0.3 is 18.2 Å². The van der Waals surface area contributed by atoms with E-state index in [4.69, 9.17) is 23.1 Å². The number of hydrogen-bond donors (Lipinski definition) is 0. The Hall–Kier alpha value is -2.66. The number of halogens is 4. The lowest BCUT2D eigenvalue weighted by molar-refractivity contribution is -0.303. The van der Waals surface area contributed by atoms with Crippen LogP contribution < -0.4 is 4.90 Å². The molecule has 0 radical (unpaired) electrons. The van der Waals surface area contributed by atoms with Gasteiger partial charge in [0.1, 0.15) is 6.61 Å².